The maximum Gasteiger partial charge on any atom is 0.338 e. The van der Waals surface area contributed by atoms with Gasteiger partial charge in [-0.25, -0.2) is 9.79 Å². The first-order valence-corrected chi connectivity index (χ1v) is 14.0. The highest BCUT2D eigenvalue weighted by molar-refractivity contribution is 7.07. The van der Waals surface area contributed by atoms with Crippen LogP contribution in [0.2, 0.25) is 5.02 Å². The van der Waals surface area contributed by atoms with Gasteiger partial charge >= 0.3 is 11.9 Å². The van der Waals surface area contributed by atoms with Gasteiger partial charge in [0.15, 0.2) is 4.80 Å². The molecule has 0 N–H and O–H groups in total. The zero-order valence-corrected chi connectivity index (χ0v) is 24.5. The van der Waals surface area contributed by atoms with E-state index in [-0.39, 0.29) is 36.9 Å². The number of methoxy groups -OCH3 is 2. The standard InChI is InChI=1S/C30H28ClN3O6S/c1-17-26(29(37)40-14-13-38-3)27(19-9-11-20(31)12-10-19)34-28(36)24(41-30(34)32-17)15-22-18(2)33(16-25(35)39-4)23-8-6-5-7-21(22)23/h5-12,15,27H,13-14,16H2,1-4H3. The normalized spacial score (nSPS) is 15.1. The minimum absolute atomic E-state index is 0.0439. The monoisotopic (exact) mass is 593 g/mol. The predicted molar refractivity (Wildman–Crippen MR) is 157 cm³/mol. The van der Waals surface area contributed by atoms with Gasteiger partial charge in [0, 0.05) is 34.3 Å². The first-order chi connectivity index (χ1) is 19.7. The average molecular weight is 594 g/mol. The average Bonchev–Trinajstić information content (AvgIpc) is 3.41. The fraction of sp³-hybridized carbons (Fsp3) is 0.267. The van der Waals surface area contributed by atoms with Crippen LogP contribution in [-0.2, 0) is 30.3 Å². The van der Waals surface area contributed by atoms with Crippen molar-refractivity contribution in [1.82, 2.24) is 9.13 Å². The maximum atomic E-state index is 14.1. The van der Waals surface area contributed by atoms with Crippen LogP contribution in [0.5, 0.6) is 0 Å². The molecule has 0 amide bonds. The van der Waals surface area contributed by atoms with Crippen LogP contribution in [-0.4, -0.2) is 48.5 Å². The first kappa shape index (κ1) is 28.5. The minimum Gasteiger partial charge on any atom is -0.468 e. The molecule has 41 heavy (non-hydrogen) atoms. The van der Waals surface area contributed by atoms with Crippen molar-refractivity contribution >= 4 is 51.9 Å². The number of halogens is 1. The molecule has 0 saturated heterocycles. The number of ether oxygens (including phenoxy) is 3. The molecule has 1 unspecified atom stereocenters. The number of benzene rings is 2. The first-order valence-electron chi connectivity index (χ1n) is 12.8. The van der Waals surface area contributed by atoms with Crippen molar-refractivity contribution in [2.45, 2.75) is 26.4 Å². The van der Waals surface area contributed by atoms with Crippen LogP contribution in [0.25, 0.3) is 17.0 Å². The number of rotatable bonds is 8. The number of hydrogen-bond acceptors (Lipinski definition) is 8. The number of esters is 2. The zero-order valence-electron chi connectivity index (χ0n) is 23.0. The van der Waals surface area contributed by atoms with Gasteiger partial charge in [0.2, 0.25) is 0 Å². The Balaban J connectivity index is 1.70. The van der Waals surface area contributed by atoms with Gasteiger partial charge < -0.3 is 18.8 Å². The van der Waals surface area contributed by atoms with Crippen molar-refractivity contribution in [3.05, 3.63) is 101 Å². The lowest BCUT2D eigenvalue weighted by Crippen LogP contribution is -2.40. The van der Waals surface area contributed by atoms with Crippen LogP contribution in [0.15, 0.2) is 69.6 Å². The number of carbonyl (C=O) groups excluding carboxylic acids is 2. The molecular formula is C30H28ClN3O6S. The summed E-state index contributed by atoms with van der Waals surface area (Å²) in [5.74, 6) is -0.942. The van der Waals surface area contributed by atoms with E-state index in [4.69, 9.17) is 25.8 Å². The van der Waals surface area contributed by atoms with Gasteiger partial charge in [0.25, 0.3) is 5.56 Å². The molecule has 1 aliphatic rings. The molecule has 1 atom stereocenters. The summed E-state index contributed by atoms with van der Waals surface area (Å²) >= 11 is 7.39. The van der Waals surface area contributed by atoms with Crippen LogP contribution >= 0.6 is 22.9 Å². The van der Waals surface area contributed by atoms with Gasteiger partial charge in [-0.3, -0.25) is 14.2 Å². The molecular weight excluding hydrogens is 566 g/mol. The molecule has 0 aliphatic carbocycles. The lowest BCUT2D eigenvalue weighted by atomic mass is 9.96. The van der Waals surface area contributed by atoms with Crippen molar-refractivity contribution in [1.29, 1.82) is 0 Å². The van der Waals surface area contributed by atoms with E-state index in [2.05, 4.69) is 4.99 Å². The van der Waals surface area contributed by atoms with Gasteiger partial charge in [0.05, 0.1) is 35.6 Å². The molecule has 4 aromatic rings. The summed E-state index contributed by atoms with van der Waals surface area (Å²) in [5, 5.41) is 1.43. The molecule has 212 valence electrons. The quantitative estimate of drug-likeness (QED) is 0.229. The molecule has 9 nitrogen and oxygen atoms in total. The predicted octanol–water partition coefficient (Wildman–Crippen LogP) is 3.51. The fourth-order valence-electron chi connectivity index (χ4n) is 5.01. The molecule has 3 heterocycles. The number of nitrogens with zero attached hydrogens (tertiary/aromatic N) is 3. The van der Waals surface area contributed by atoms with Gasteiger partial charge in [0.1, 0.15) is 13.2 Å². The van der Waals surface area contributed by atoms with E-state index >= 15 is 0 Å². The summed E-state index contributed by atoms with van der Waals surface area (Å²) in [4.78, 5) is 44.6. The van der Waals surface area contributed by atoms with Crippen LogP contribution < -0.4 is 14.9 Å². The molecule has 0 radical (unpaired) electrons. The Morgan fingerprint density at radius 3 is 2.51 bits per heavy atom. The van der Waals surface area contributed by atoms with E-state index in [0.29, 0.717) is 25.6 Å². The van der Waals surface area contributed by atoms with Crippen LogP contribution in [0.3, 0.4) is 0 Å². The van der Waals surface area contributed by atoms with Crippen molar-refractivity contribution in [3.63, 3.8) is 0 Å². The van der Waals surface area contributed by atoms with E-state index in [1.54, 1.807) is 31.2 Å². The van der Waals surface area contributed by atoms with Crippen LogP contribution in [0.4, 0.5) is 0 Å². The van der Waals surface area contributed by atoms with Crippen LogP contribution in [0, 0.1) is 6.92 Å². The van der Waals surface area contributed by atoms with Crippen molar-refractivity contribution < 1.29 is 23.8 Å². The second kappa shape index (κ2) is 11.9. The highest BCUT2D eigenvalue weighted by Crippen LogP contribution is 2.32. The Kier molecular flexibility index (Phi) is 8.25. The number of carbonyl (C=O) groups is 2. The molecule has 0 fully saturated rings. The van der Waals surface area contributed by atoms with E-state index in [1.807, 2.05) is 41.8 Å². The Bertz CT molecular complexity index is 1870. The topological polar surface area (TPSA) is 101 Å². The van der Waals surface area contributed by atoms with Crippen molar-refractivity contribution in [2.75, 3.05) is 27.4 Å². The molecule has 0 bridgehead atoms. The third-order valence-electron chi connectivity index (χ3n) is 7.02. The van der Waals surface area contributed by atoms with E-state index < -0.39 is 12.0 Å². The third kappa shape index (κ3) is 5.38. The molecule has 1 aliphatic heterocycles. The van der Waals surface area contributed by atoms with Crippen LogP contribution in [0.1, 0.15) is 29.8 Å². The highest BCUT2D eigenvalue weighted by Gasteiger charge is 2.33. The largest absolute Gasteiger partial charge is 0.468 e. The van der Waals surface area contributed by atoms with Gasteiger partial charge in [-0.2, -0.15) is 0 Å². The van der Waals surface area contributed by atoms with Gasteiger partial charge in [-0.1, -0.05) is 53.3 Å². The van der Waals surface area contributed by atoms with Gasteiger partial charge in [-0.05, 0) is 43.7 Å². The molecule has 5 rings (SSSR count). The molecule has 2 aromatic heterocycles. The summed E-state index contributed by atoms with van der Waals surface area (Å²) in [5.41, 5.74) is 3.61. The molecule has 0 spiro atoms. The number of thiazole rings is 1. The lowest BCUT2D eigenvalue weighted by Gasteiger charge is -2.24. The smallest absolute Gasteiger partial charge is 0.338 e. The minimum atomic E-state index is -0.762. The second-order valence-electron chi connectivity index (χ2n) is 9.44. The second-order valence-corrected chi connectivity index (χ2v) is 10.9. The highest BCUT2D eigenvalue weighted by atomic mass is 35.5. The van der Waals surface area contributed by atoms with E-state index in [9.17, 15) is 14.4 Å². The fourth-order valence-corrected chi connectivity index (χ4v) is 6.16. The number of para-hydroxylation sites is 1. The summed E-state index contributed by atoms with van der Waals surface area (Å²) in [6, 6.07) is 13.9. The van der Waals surface area contributed by atoms with E-state index in [1.165, 1.54) is 30.1 Å². The Morgan fingerprint density at radius 2 is 1.80 bits per heavy atom. The Morgan fingerprint density at radius 1 is 1.07 bits per heavy atom. The van der Waals surface area contributed by atoms with Crippen molar-refractivity contribution in [3.8, 4) is 0 Å². The van der Waals surface area contributed by atoms with E-state index in [0.717, 1.165) is 22.2 Å². The van der Waals surface area contributed by atoms with Crippen molar-refractivity contribution in [2.24, 2.45) is 4.99 Å². The zero-order chi connectivity index (χ0) is 29.3. The summed E-state index contributed by atoms with van der Waals surface area (Å²) in [6.07, 6.45) is 1.82. The molecule has 11 heteroatoms. The number of fused-ring (bicyclic) bond motifs is 2. The number of aromatic nitrogens is 2. The summed E-state index contributed by atoms with van der Waals surface area (Å²) in [6.45, 7) is 3.99. The Labute approximate surface area is 244 Å². The summed E-state index contributed by atoms with van der Waals surface area (Å²) < 4.78 is 19.2. The Hall–Kier alpha value is -3.99. The van der Waals surface area contributed by atoms with Gasteiger partial charge in [-0.15, -0.1) is 0 Å². The number of allylic oxidation sites excluding steroid dienone is 1. The molecule has 2 aromatic carbocycles. The summed E-state index contributed by atoms with van der Waals surface area (Å²) in [7, 11) is 2.88. The lowest BCUT2D eigenvalue weighted by molar-refractivity contribution is -0.141. The maximum absolute atomic E-state index is 14.1. The molecule has 0 saturated carbocycles. The SMILES string of the molecule is COCCOC(=O)C1=C(C)N=c2sc(=Cc3c(C)n(CC(=O)OC)c4ccccc34)c(=O)n2C1c1ccc(Cl)cc1. The third-order valence-corrected chi connectivity index (χ3v) is 8.25. The number of hydrogen-bond donors (Lipinski definition) is 0.